The number of fused-ring (bicyclic) bond motifs is 1. The van der Waals surface area contributed by atoms with Crippen molar-refractivity contribution in [2.24, 2.45) is 4.99 Å². The number of anilines is 1. The minimum atomic E-state index is -0.717. The van der Waals surface area contributed by atoms with E-state index in [0.29, 0.717) is 0 Å². The fraction of sp³-hybridized carbons (Fsp3) is 0.423. The fourth-order valence-corrected chi connectivity index (χ4v) is 9.27. The number of nitrogens with zero attached hydrogens (tertiary/aromatic N) is 2. The number of carbonyl (C=O) groups excluding carboxylic acids is 2. The van der Waals surface area contributed by atoms with Crippen molar-refractivity contribution in [3.05, 3.63) is 65.7 Å². The molecule has 0 N–H and O–H groups in total. The van der Waals surface area contributed by atoms with Gasteiger partial charge in [-0.15, -0.1) is 11.8 Å². The van der Waals surface area contributed by atoms with Gasteiger partial charge in [-0.25, -0.2) is 9.59 Å². The number of hydrogen-bond acceptors (Lipinski definition) is 8. The Labute approximate surface area is 208 Å². The van der Waals surface area contributed by atoms with Crippen molar-refractivity contribution >= 4 is 46.2 Å². The van der Waals surface area contributed by atoms with Gasteiger partial charge in [-0.2, -0.15) is 0 Å². The van der Waals surface area contributed by atoms with E-state index in [4.69, 9.17) is 14.5 Å². The highest BCUT2D eigenvalue weighted by Gasteiger charge is 2.71. The van der Waals surface area contributed by atoms with Crippen LogP contribution in [0.5, 0.6) is 0 Å². The van der Waals surface area contributed by atoms with E-state index < -0.39 is 21.0 Å². The van der Waals surface area contributed by atoms with Crippen molar-refractivity contribution < 1.29 is 19.1 Å². The molecule has 2 aliphatic heterocycles. The number of hydrogen-bond donors (Lipinski definition) is 0. The minimum Gasteiger partial charge on any atom is -0.467 e. The van der Waals surface area contributed by atoms with Crippen LogP contribution in [0.4, 0.5) is 5.69 Å². The van der Waals surface area contributed by atoms with Crippen LogP contribution >= 0.6 is 23.5 Å². The maximum atomic E-state index is 13.6. The molecule has 1 saturated carbocycles. The topological polar surface area (TPSA) is 68.2 Å². The summed E-state index contributed by atoms with van der Waals surface area (Å²) in [5.41, 5.74) is 2.45. The Morgan fingerprint density at radius 3 is 2.24 bits per heavy atom. The number of ether oxygens (including phenoxy) is 2. The van der Waals surface area contributed by atoms with Crippen LogP contribution in [-0.2, 0) is 19.1 Å². The average molecular weight is 497 g/mol. The summed E-state index contributed by atoms with van der Waals surface area (Å²) in [6.07, 6.45) is 3.81. The van der Waals surface area contributed by atoms with Gasteiger partial charge in [0.15, 0.2) is 11.4 Å². The van der Waals surface area contributed by atoms with Crippen LogP contribution in [0, 0.1) is 6.92 Å². The highest BCUT2D eigenvalue weighted by Crippen LogP contribution is 2.67. The number of esters is 2. The van der Waals surface area contributed by atoms with E-state index in [1.807, 2.05) is 54.3 Å². The summed E-state index contributed by atoms with van der Waals surface area (Å²) >= 11 is 3.12. The normalized spacial score (nSPS) is 27.3. The van der Waals surface area contributed by atoms with Gasteiger partial charge in [0.1, 0.15) is 4.08 Å². The van der Waals surface area contributed by atoms with Gasteiger partial charge in [-0.3, -0.25) is 4.99 Å². The maximum absolute atomic E-state index is 13.6. The first kappa shape index (κ1) is 23.3. The van der Waals surface area contributed by atoms with Crippen LogP contribution in [0.3, 0.4) is 0 Å². The molecule has 0 bridgehead atoms. The summed E-state index contributed by atoms with van der Waals surface area (Å²) in [5, 5.41) is 0.227. The number of aryl methyl sites for hydroxylation is 1. The molecule has 3 aliphatic rings. The van der Waals surface area contributed by atoms with E-state index in [9.17, 15) is 9.59 Å². The molecule has 5 rings (SSSR count). The minimum absolute atomic E-state index is 0.359. The summed E-state index contributed by atoms with van der Waals surface area (Å²) in [6.45, 7) is 2.01. The third-order valence-corrected chi connectivity index (χ3v) is 10.6. The van der Waals surface area contributed by atoms with Crippen LogP contribution in [0.2, 0.25) is 0 Å². The van der Waals surface area contributed by atoms with Crippen molar-refractivity contribution in [1.29, 1.82) is 0 Å². The van der Waals surface area contributed by atoms with Crippen LogP contribution in [0.15, 0.2) is 59.6 Å². The second-order valence-corrected chi connectivity index (χ2v) is 11.8. The van der Waals surface area contributed by atoms with E-state index in [2.05, 4.69) is 12.1 Å². The first-order valence-corrected chi connectivity index (χ1v) is 13.2. The van der Waals surface area contributed by atoms with E-state index in [1.165, 1.54) is 26.0 Å². The number of aliphatic imine (C=N–C) groups is 1. The van der Waals surface area contributed by atoms with Gasteiger partial charge in [-0.1, -0.05) is 72.6 Å². The zero-order valence-corrected chi connectivity index (χ0v) is 21.2. The molecule has 1 saturated heterocycles. The second kappa shape index (κ2) is 8.96. The Morgan fingerprint density at radius 1 is 0.971 bits per heavy atom. The molecule has 2 aromatic rings. The number of methoxy groups -OCH3 is 2. The molecule has 2 aromatic carbocycles. The average Bonchev–Trinajstić information content (AvgIpc) is 3.57. The predicted octanol–water partition coefficient (Wildman–Crippen LogP) is 4.79. The molecule has 178 valence electrons. The number of thioether (sulfide) groups is 2. The van der Waals surface area contributed by atoms with Gasteiger partial charge in [0.25, 0.3) is 0 Å². The maximum Gasteiger partial charge on any atom is 0.339 e. The molecule has 34 heavy (non-hydrogen) atoms. The molecular weight excluding hydrogens is 468 g/mol. The molecule has 0 amide bonds. The first-order chi connectivity index (χ1) is 16.4. The SMILES string of the molecule is COC(=O)[C@@H]1N(c2ccc(C)cc2)[C@H](C(=O)OC)S[C@@]12SC(c1ccccc1)=NC21CCCC1. The Bertz CT molecular complexity index is 1120. The van der Waals surface area contributed by atoms with E-state index in [1.54, 1.807) is 11.8 Å². The number of rotatable bonds is 4. The van der Waals surface area contributed by atoms with Crippen LogP contribution in [-0.4, -0.2) is 52.2 Å². The van der Waals surface area contributed by atoms with Crippen molar-refractivity contribution in [1.82, 2.24) is 0 Å². The zero-order chi connectivity index (χ0) is 23.9. The van der Waals surface area contributed by atoms with Crippen molar-refractivity contribution in [2.75, 3.05) is 19.1 Å². The van der Waals surface area contributed by atoms with E-state index in [-0.39, 0.29) is 11.9 Å². The predicted molar refractivity (Wildman–Crippen MR) is 137 cm³/mol. The lowest BCUT2D eigenvalue weighted by Gasteiger charge is -2.41. The highest BCUT2D eigenvalue weighted by molar-refractivity contribution is 8.27. The van der Waals surface area contributed by atoms with Gasteiger partial charge in [0, 0.05) is 11.3 Å². The Kier molecular flexibility index (Phi) is 6.14. The number of benzene rings is 2. The summed E-state index contributed by atoms with van der Waals surface area (Å²) in [5.74, 6) is -0.735. The van der Waals surface area contributed by atoms with Gasteiger partial charge >= 0.3 is 11.9 Å². The van der Waals surface area contributed by atoms with E-state index in [0.717, 1.165) is 47.5 Å². The Morgan fingerprint density at radius 2 is 1.62 bits per heavy atom. The summed E-state index contributed by atoms with van der Waals surface area (Å²) in [4.78, 5) is 33.9. The third-order valence-electron chi connectivity index (χ3n) is 7.00. The quantitative estimate of drug-likeness (QED) is 0.564. The van der Waals surface area contributed by atoms with Crippen LogP contribution < -0.4 is 4.90 Å². The Hall–Kier alpha value is -2.45. The Balaban J connectivity index is 1.69. The zero-order valence-electron chi connectivity index (χ0n) is 19.5. The summed E-state index contributed by atoms with van der Waals surface area (Å²) < 4.78 is 9.91. The van der Waals surface area contributed by atoms with Gasteiger partial charge in [0.05, 0.1) is 24.8 Å². The second-order valence-electron chi connectivity index (χ2n) is 8.95. The highest BCUT2D eigenvalue weighted by atomic mass is 32.2. The van der Waals surface area contributed by atoms with Crippen LogP contribution in [0.1, 0.15) is 36.8 Å². The van der Waals surface area contributed by atoms with Gasteiger partial charge in [-0.05, 0) is 31.9 Å². The molecule has 8 heteroatoms. The molecule has 1 aliphatic carbocycles. The lowest BCUT2D eigenvalue weighted by molar-refractivity contribution is -0.143. The molecule has 6 nitrogen and oxygen atoms in total. The molecule has 2 heterocycles. The van der Waals surface area contributed by atoms with Crippen molar-refractivity contribution in [3.63, 3.8) is 0 Å². The molecule has 3 atom stereocenters. The van der Waals surface area contributed by atoms with E-state index >= 15 is 0 Å². The van der Waals surface area contributed by atoms with Gasteiger partial charge < -0.3 is 14.4 Å². The van der Waals surface area contributed by atoms with Crippen molar-refractivity contribution in [2.45, 2.75) is 53.6 Å². The van der Waals surface area contributed by atoms with Gasteiger partial charge in [0.2, 0.25) is 0 Å². The molecular formula is C26H28N2O4S2. The first-order valence-electron chi connectivity index (χ1n) is 11.5. The third kappa shape index (κ3) is 3.53. The number of carbonyl (C=O) groups is 2. The fourth-order valence-electron chi connectivity index (χ4n) is 5.35. The summed E-state index contributed by atoms with van der Waals surface area (Å²) in [6, 6.07) is 17.3. The molecule has 0 radical (unpaired) electrons. The smallest absolute Gasteiger partial charge is 0.339 e. The lowest BCUT2D eigenvalue weighted by Crippen LogP contribution is -2.58. The molecule has 2 fully saturated rings. The van der Waals surface area contributed by atoms with Crippen LogP contribution in [0.25, 0.3) is 0 Å². The molecule has 0 aromatic heterocycles. The lowest BCUT2D eigenvalue weighted by atomic mass is 9.87. The largest absolute Gasteiger partial charge is 0.467 e. The monoisotopic (exact) mass is 496 g/mol. The summed E-state index contributed by atoms with van der Waals surface area (Å²) in [7, 11) is 2.81. The standard InChI is InChI=1S/C26H28N2O4S2/c1-17-11-13-19(14-12-17)28-20(23(29)31-2)26(34-22(28)24(30)32-3)25(15-7-8-16-25)27-21(33-26)18-9-5-4-6-10-18/h4-6,9-14,20,22H,7-8,15-16H2,1-3H3/t20-,22-,26-/m0/s1. The molecule has 2 spiro atoms. The van der Waals surface area contributed by atoms with Crippen molar-refractivity contribution in [3.8, 4) is 0 Å². The molecule has 0 unspecified atom stereocenters.